The quantitative estimate of drug-likeness (QED) is 0.727. The highest BCUT2D eigenvalue weighted by Crippen LogP contribution is 2.00. The van der Waals surface area contributed by atoms with Gasteiger partial charge in [0.15, 0.2) is 5.89 Å². The van der Waals surface area contributed by atoms with E-state index in [-0.39, 0.29) is 0 Å². The number of hydrogen-bond donors (Lipinski definition) is 0. The van der Waals surface area contributed by atoms with E-state index < -0.39 is 0 Å². The third kappa shape index (κ3) is 11.8. The van der Waals surface area contributed by atoms with E-state index in [4.69, 9.17) is 4.42 Å². The van der Waals surface area contributed by atoms with Crippen molar-refractivity contribution < 1.29 is 4.42 Å². The summed E-state index contributed by atoms with van der Waals surface area (Å²) in [4.78, 5) is 4.11. The molecular formula is C18H33NO. The van der Waals surface area contributed by atoms with Gasteiger partial charge in [0.1, 0.15) is 10.8 Å². The smallest absolute Gasteiger partial charge is 0.192 e. The van der Waals surface area contributed by atoms with Gasteiger partial charge in [0.05, 0.1) is 0 Å². The molecule has 0 N–H and O–H groups in total. The molecule has 0 aromatic carbocycles. The molecule has 0 saturated carbocycles. The Morgan fingerprint density at radius 2 is 1.65 bits per heavy atom. The zero-order valence-corrected chi connectivity index (χ0v) is 14.3. The maximum Gasteiger partial charge on any atom is 0.192 e. The Hall–Kier alpha value is -1.31. The van der Waals surface area contributed by atoms with Crippen molar-refractivity contribution >= 4 is 12.7 Å². The predicted molar refractivity (Wildman–Crippen MR) is 91.1 cm³/mol. The number of unbranched alkanes of at least 4 members (excludes halogenated alkanes) is 4. The van der Waals surface area contributed by atoms with Crippen LogP contribution in [-0.2, 0) is 0 Å². The Morgan fingerprint density at radius 3 is 2.00 bits per heavy atom. The largest absolute Gasteiger partial charge is 0.442 e. The van der Waals surface area contributed by atoms with Crippen LogP contribution < -0.4 is 10.8 Å². The lowest BCUT2D eigenvalue weighted by molar-refractivity contribution is 0.493. The first-order chi connectivity index (χ1) is 9.65. The van der Waals surface area contributed by atoms with Gasteiger partial charge in [0.2, 0.25) is 0 Å². The maximum absolute atomic E-state index is 5.12. The van der Waals surface area contributed by atoms with Gasteiger partial charge in [-0.1, -0.05) is 78.5 Å². The fourth-order valence-electron chi connectivity index (χ4n) is 1.48. The van der Waals surface area contributed by atoms with Crippen LogP contribution in [0.2, 0.25) is 0 Å². The van der Waals surface area contributed by atoms with Crippen LogP contribution in [0.1, 0.15) is 72.6 Å². The summed E-state index contributed by atoms with van der Waals surface area (Å²) in [5.41, 5.74) is 0.626. The van der Waals surface area contributed by atoms with Crippen LogP contribution in [0, 0.1) is 6.92 Å². The average molecular weight is 279 g/mol. The first kappa shape index (κ1) is 21.0. The molecule has 0 spiro atoms. The standard InChI is InChI=1S/C9H11NO.C7H16.C2H6/c1-4-5-6-9-7(2)11-8(3)10-9;1-3-5-7-6-4-2;1-2/h4-6H,2H2,1,3H3;3-7H2,1-2H3;1-2H3/b5-4-,9-6+;;. The molecule has 0 radical (unpaired) electrons. The monoisotopic (exact) mass is 279 g/mol. The minimum Gasteiger partial charge on any atom is -0.442 e. The average Bonchev–Trinajstić information content (AvgIpc) is 2.78. The van der Waals surface area contributed by atoms with Crippen LogP contribution in [0.5, 0.6) is 0 Å². The van der Waals surface area contributed by atoms with Gasteiger partial charge in [-0.25, -0.2) is 4.98 Å². The minimum absolute atomic E-state index is 0.626. The molecule has 0 bridgehead atoms. The summed E-state index contributed by atoms with van der Waals surface area (Å²) in [7, 11) is 0. The van der Waals surface area contributed by atoms with Crippen LogP contribution in [0.4, 0.5) is 0 Å². The number of oxazole rings is 1. The molecule has 1 heterocycles. The van der Waals surface area contributed by atoms with Crippen LogP contribution in [0.25, 0.3) is 12.7 Å². The summed E-state index contributed by atoms with van der Waals surface area (Å²) in [6.07, 6.45) is 12.7. The lowest BCUT2D eigenvalue weighted by atomic mass is 10.2. The van der Waals surface area contributed by atoms with E-state index in [2.05, 4.69) is 25.4 Å². The van der Waals surface area contributed by atoms with Crippen LogP contribution in [0.3, 0.4) is 0 Å². The molecule has 1 aromatic rings. The van der Waals surface area contributed by atoms with Crippen LogP contribution >= 0.6 is 0 Å². The zero-order valence-electron chi connectivity index (χ0n) is 14.3. The highest BCUT2D eigenvalue weighted by molar-refractivity contribution is 5.33. The Morgan fingerprint density at radius 1 is 1.10 bits per heavy atom. The zero-order chi connectivity index (χ0) is 15.8. The molecule has 0 aliphatic heterocycles. The number of rotatable bonds is 5. The molecule has 20 heavy (non-hydrogen) atoms. The van der Waals surface area contributed by atoms with Crippen molar-refractivity contribution in [2.45, 2.75) is 73.6 Å². The highest BCUT2D eigenvalue weighted by atomic mass is 16.3. The lowest BCUT2D eigenvalue weighted by Gasteiger charge is -1.90. The Balaban J connectivity index is 0. The third-order valence-electron chi connectivity index (χ3n) is 2.49. The lowest BCUT2D eigenvalue weighted by Crippen LogP contribution is -2.19. The van der Waals surface area contributed by atoms with Crippen LogP contribution in [0.15, 0.2) is 16.6 Å². The highest BCUT2D eigenvalue weighted by Gasteiger charge is 1.90. The number of aryl methyl sites for hydroxylation is 1. The summed E-state index contributed by atoms with van der Waals surface area (Å²) >= 11 is 0. The molecule has 0 atom stereocenters. The van der Waals surface area contributed by atoms with E-state index in [1.807, 2.05) is 45.9 Å². The third-order valence-corrected chi connectivity index (χ3v) is 2.49. The summed E-state index contributed by atoms with van der Waals surface area (Å²) in [5, 5.41) is 0.806. The number of nitrogens with zero attached hydrogens (tertiary/aromatic N) is 1. The topological polar surface area (TPSA) is 26.0 Å². The SMILES string of the molecule is C=c1oc(C)n/c1=C/C=C\C.CC.CCCCCCC. The van der Waals surface area contributed by atoms with E-state index in [1.54, 1.807) is 0 Å². The van der Waals surface area contributed by atoms with Gasteiger partial charge >= 0.3 is 0 Å². The van der Waals surface area contributed by atoms with Gasteiger partial charge in [-0.2, -0.15) is 0 Å². The molecule has 0 aliphatic rings. The molecule has 1 aromatic heterocycles. The van der Waals surface area contributed by atoms with Gasteiger partial charge in [-0.3, -0.25) is 0 Å². The maximum atomic E-state index is 5.12. The summed E-state index contributed by atoms with van der Waals surface area (Å²) in [6.45, 7) is 15.9. The second-order valence-corrected chi connectivity index (χ2v) is 4.29. The number of allylic oxidation sites excluding steroid dienone is 2. The van der Waals surface area contributed by atoms with Gasteiger partial charge < -0.3 is 4.42 Å². The van der Waals surface area contributed by atoms with Crippen molar-refractivity contribution in [3.05, 3.63) is 28.8 Å². The fraction of sp³-hybridized carbons (Fsp3) is 0.611. The first-order valence-electron chi connectivity index (χ1n) is 7.91. The fourth-order valence-corrected chi connectivity index (χ4v) is 1.48. The van der Waals surface area contributed by atoms with Gasteiger partial charge in [0, 0.05) is 6.92 Å². The van der Waals surface area contributed by atoms with Gasteiger partial charge in [-0.15, -0.1) is 0 Å². The van der Waals surface area contributed by atoms with Gasteiger partial charge in [0.25, 0.3) is 0 Å². The molecule has 0 fully saturated rings. The molecule has 0 unspecified atom stereocenters. The summed E-state index contributed by atoms with van der Waals surface area (Å²) in [6, 6.07) is 0. The Bertz CT molecular complexity index is 425. The van der Waals surface area contributed by atoms with E-state index in [0.717, 1.165) is 5.35 Å². The predicted octanol–water partition coefficient (Wildman–Crippen LogP) is 4.75. The van der Waals surface area contributed by atoms with Crippen molar-refractivity contribution in [2.24, 2.45) is 0 Å². The van der Waals surface area contributed by atoms with E-state index in [0.29, 0.717) is 11.3 Å². The summed E-state index contributed by atoms with van der Waals surface area (Å²) < 4.78 is 5.12. The van der Waals surface area contributed by atoms with Crippen molar-refractivity contribution in [1.29, 1.82) is 0 Å². The molecule has 2 nitrogen and oxygen atoms in total. The molecular weight excluding hydrogens is 246 g/mol. The second-order valence-electron chi connectivity index (χ2n) is 4.29. The second kappa shape index (κ2) is 15.7. The van der Waals surface area contributed by atoms with Gasteiger partial charge in [-0.05, 0) is 13.0 Å². The number of aromatic nitrogens is 1. The molecule has 0 amide bonds. The van der Waals surface area contributed by atoms with E-state index in [1.165, 1.54) is 32.1 Å². The van der Waals surface area contributed by atoms with Crippen molar-refractivity contribution in [2.75, 3.05) is 0 Å². The summed E-state index contributed by atoms with van der Waals surface area (Å²) in [5.74, 6) is 0.658. The minimum atomic E-state index is 0.626. The number of hydrogen-bond acceptors (Lipinski definition) is 2. The molecule has 0 aliphatic carbocycles. The first-order valence-corrected chi connectivity index (χ1v) is 7.91. The van der Waals surface area contributed by atoms with Crippen LogP contribution in [-0.4, -0.2) is 4.98 Å². The van der Waals surface area contributed by atoms with Crippen molar-refractivity contribution in [3.63, 3.8) is 0 Å². The van der Waals surface area contributed by atoms with Crippen molar-refractivity contribution in [1.82, 2.24) is 4.98 Å². The molecule has 0 saturated heterocycles. The molecule has 2 heteroatoms. The Kier molecular flexibility index (Phi) is 16.5. The normalized spacial score (nSPS) is 10.8. The Labute approximate surface area is 125 Å². The molecule has 116 valence electrons. The molecule has 1 rings (SSSR count). The van der Waals surface area contributed by atoms with E-state index in [9.17, 15) is 0 Å². The van der Waals surface area contributed by atoms with Crippen molar-refractivity contribution in [3.8, 4) is 0 Å². The van der Waals surface area contributed by atoms with E-state index >= 15 is 0 Å².